The minimum atomic E-state index is -0.163. The van der Waals surface area contributed by atoms with Crippen molar-refractivity contribution in [2.24, 2.45) is 10.9 Å². The van der Waals surface area contributed by atoms with E-state index in [0.717, 1.165) is 18.0 Å². The summed E-state index contributed by atoms with van der Waals surface area (Å²) in [4.78, 5) is 16.5. The van der Waals surface area contributed by atoms with Gasteiger partial charge in [-0.05, 0) is 18.4 Å². The van der Waals surface area contributed by atoms with Crippen LogP contribution in [0.4, 0.5) is 0 Å². The molecule has 4 heterocycles. The minimum Gasteiger partial charge on any atom is -0.371 e. The third-order valence-electron chi connectivity index (χ3n) is 6.34. The normalized spacial score (nSPS) is 32.5. The molecule has 3 fully saturated rings. The highest BCUT2D eigenvalue weighted by Crippen LogP contribution is 2.34. The monoisotopic (exact) mass is 385 g/mol. The van der Waals surface area contributed by atoms with Crippen molar-refractivity contribution in [2.45, 2.75) is 62.8 Å². The predicted octanol–water partition coefficient (Wildman–Crippen LogP) is 1.24. The number of amides is 1. The lowest BCUT2D eigenvalue weighted by atomic mass is 9.86. The molecule has 8 nitrogen and oxygen atoms in total. The van der Waals surface area contributed by atoms with E-state index < -0.39 is 0 Å². The van der Waals surface area contributed by atoms with Crippen LogP contribution >= 0.6 is 0 Å². The Bertz CT molecular complexity index is 783. The molecule has 1 amide bonds. The molecule has 5 rings (SSSR count). The Kier molecular flexibility index (Phi) is 4.98. The van der Waals surface area contributed by atoms with Crippen molar-refractivity contribution in [1.82, 2.24) is 20.3 Å². The first kappa shape index (κ1) is 18.0. The summed E-state index contributed by atoms with van der Waals surface area (Å²) in [6, 6.07) is -0.160. The van der Waals surface area contributed by atoms with Gasteiger partial charge in [-0.2, -0.15) is 0 Å². The van der Waals surface area contributed by atoms with E-state index in [1.807, 2.05) is 10.8 Å². The second kappa shape index (κ2) is 7.75. The molecule has 0 unspecified atom stereocenters. The molecular formula is C20H27N5O3. The number of hydrogen-bond donors (Lipinski definition) is 1. The van der Waals surface area contributed by atoms with Gasteiger partial charge < -0.3 is 14.8 Å². The second-order valence-corrected chi connectivity index (χ2v) is 8.27. The number of carbonyl (C=O) groups is 1. The van der Waals surface area contributed by atoms with E-state index in [1.165, 1.54) is 32.1 Å². The maximum absolute atomic E-state index is 12.3. The van der Waals surface area contributed by atoms with Crippen molar-refractivity contribution < 1.29 is 14.3 Å². The van der Waals surface area contributed by atoms with E-state index in [2.05, 4.69) is 26.8 Å². The molecule has 4 aliphatic rings. The third-order valence-corrected chi connectivity index (χ3v) is 6.34. The van der Waals surface area contributed by atoms with Crippen LogP contribution in [0.2, 0.25) is 0 Å². The quantitative estimate of drug-likeness (QED) is 0.823. The Morgan fingerprint density at radius 3 is 2.86 bits per heavy atom. The number of hydrogen-bond acceptors (Lipinski definition) is 6. The molecule has 1 aromatic rings. The third kappa shape index (κ3) is 3.51. The summed E-state index contributed by atoms with van der Waals surface area (Å²) in [5, 5.41) is 11.8. The van der Waals surface area contributed by atoms with Gasteiger partial charge in [0.1, 0.15) is 24.0 Å². The van der Waals surface area contributed by atoms with Crippen molar-refractivity contribution in [2.75, 3.05) is 19.8 Å². The van der Waals surface area contributed by atoms with Gasteiger partial charge in [-0.3, -0.25) is 9.79 Å². The maximum Gasteiger partial charge on any atom is 0.269 e. The Hall–Kier alpha value is -2.06. The number of aromatic nitrogens is 3. The van der Waals surface area contributed by atoms with Gasteiger partial charge in [-0.15, -0.1) is 5.10 Å². The fourth-order valence-electron chi connectivity index (χ4n) is 4.84. The summed E-state index contributed by atoms with van der Waals surface area (Å²) in [6.07, 6.45) is 13.1. The zero-order chi connectivity index (χ0) is 18.9. The molecule has 2 saturated heterocycles. The largest absolute Gasteiger partial charge is 0.371 e. The van der Waals surface area contributed by atoms with E-state index in [1.54, 1.807) is 6.08 Å². The van der Waals surface area contributed by atoms with E-state index in [-0.39, 0.29) is 30.2 Å². The lowest BCUT2D eigenvalue weighted by molar-refractivity contribution is -0.116. The van der Waals surface area contributed by atoms with E-state index in [0.29, 0.717) is 25.5 Å². The van der Waals surface area contributed by atoms with Gasteiger partial charge >= 0.3 is 0 Å². The van der Waals surface area contributed by atoms with Crippen molar-refractivity contribution in [3.8, 4) is 0 Å². The average Bonchev–Trinajstić information content (AvgIpc) is 3.49. The molecule has 150 valence electrons. The highest BCUT2D eigenvalue weighted by molar-refractivity contribution is 6.43. The highest BCUT2D eigenvalue weighted by Gasteiger charge is 2.49. The first-order valence-corrected chi connectivity index (χ1v) is 10.4. The van der Waals surface area contributed by atoms with Crippen LogP contribution in [0.1, 0.15) is 43.8 Å². The molecule has 0 spiro atoms. The molecule has 1 saturated carbocycles. The molecule has 3 aliphatic heterocycles. The van der Waals surface area contributed by atoms with E-state index in [4.69, 9.17) is 9.47 Å². The van der Waals surface area contributed by atoms with Gasteiger partial charge in [0.05, 0.1) is 31.5 Å². The standard InChI is InChI=1S/C20H27N5O3/c26-20(15-7-4-8-21-15)22-16-11-27-19-17(12-28-18(16)19)25-10-14(23-24-25)9-13-5-2-1-3-6-13/h4,7,10,13,16-19H,1-3,5-6,8-9,11-12H2,(H,22,26)/t16-,17-,18+,19+/m0/s1. The zero-order valence-electron chi connectivity index (χ0n) is 16.0. The molecule has 28 heavy (non-hydrogen) atoms. The number of fused-ring (bicyclic) bond motifs is 1. The van der Waals surface area contributed by atoms with Gasteiger partial charge in [0.25, 0.3) is 5.91 Å². The van der Waals surface area contributed by atoms with Gasteiger partial charge in [-0.1, -0.05) is 43.4 Å². The summed E-state index contributed by atoms with van der Waals surface area (Å²) < 4.78 is 13.9. The average molecular weight is 385 g/mol. The van der Waals surface area contributed by atoms with Gasteiger partial charge in [-0.25, -0.2) is 4.68 Å². The summed E-state index contributed by atoms with van der Waals surface area (Å²) in [6.45, 7) is 1.54. The summed E-state index contributed by atoms with van der Waals surface area (Å²) in [5.41, 5.74) is 1.53. The molecule has 0 radical (unpaired) electrons. The number of aliphatic imine (C=N–C) groups is 1. The number of ether oxygens (including phenoxy) is 2. The van der Waals surface area contributed by atoms with E-state index >= 15 is 0 Å². The van der Waals surface area contributed by atoms with Crippen LogP contribution in [0.5, 0.6) is 0 Å². The number of nitrogens with one attached hydrogen (secondary N) is 1. The van der Waals surface area contributed by atoms with Crippen molar-refractivity contribution in [3.05, 3.63) is 24.0 Å². The number of nitrogens with zero attached hydrogens (tertiary/aromatic N) is 4. The SMILES string of the molecule is O=C(N[C@H]1CO[C@H]2[C@@H]1OC[C@@H]2n1cc(CC2CCCCC2)nn1)C1=NCC=C1. The van der Waals surface area contributed by atoms with E-state index in [9.17, 15) is 4.79 Å². The van der Waals surface area contributed by atoms with Crippen LogP contribution in [0.25, 0.3) is 0 Å². The molecule has 1 aromatic heterocycles. The Labute approximate surface area is 164 Å². The van der Waals surface area contributed by atoms with Crippen LogP contribution < -0.4 is 5.32 Å². The number of carbonyl (C=O) groups excluding carboxylic acids is 1. The predicted molar refractivity (Wildman–Crippen MR) is 102 cm³/mol. The zero-order valence-corrected chi connectivity index (χ0v) is 16.0. The van der Waals surface area contributed by atoms with Crippen LogP contribution in [0.3, 0.4) is 0 Å². The highest BCUT2D eigenvalue weighted by atomic mass is 16.6. The fourth-order valence-corrected chi connectivity index (χ4v) is 4.84. The van der Waals surface area contributed by atoms with Gasteiger partial charge in [0, 0.05) is 6.20 Å². The van der Waals surface area contributed by atoms with Crippen molar-refractivity contribution in [3.63, 3.8) is 0 Å². The molecule has 0 bridgehead atoms. The lowest BCUT2D eigenvalue weighted by Crippen LogP contribution is -2.46. The number of rotatable bonds is 5. The summed E-state index contributed by atoms with van der Waals surface area (Å²) >= 11 is 0. The topological polar surface area (TPSA) is 90.6 Å². The lowest BCUT2D eigenvalue weighted by Gasteiger charge is -2.20. The molecule has 0 aromatic carbocycles. The van der Waals surface area contributed by atoms with Crippen LogP contribution in [0.15, 0.2) is 23.3 Å². The van der Waals surface area contributed by atoms with Crippen LogP contribution in [-0.4, -0.2) is 64.6 Å². The minimum absolute atomic E-state index is 0.00299. The molecule has 1 N–H and O–H groups in total. The molecule has 4 atom stereocenters. The molecule has 8 heteroatoms. The molecular weight excluding hydrogens is 358 g/mol. The Morgan fingerprint density at radius 2 is 2.04 bits per heavy atom. The van der Waals surface area contributed by atoms with Crippen LogP contribution in [-0.2, 0) is 20.7 Å². The molecule has 1 aliphatic carbocycles. The maximum atomic E-state index is 12.3. The second-order valence-electron chi connectivity index (χ2n) is 8.27. The summed E-state index contributed by atoms with van der Waals surface area (Å²) in [7, 11) is 0. The first-order valence-electron chi connectivity index (χ1n) is 10.4. The Morgan fingerprint density at radius 1 is 1.18 bits per heavy atom. The Balaban J connectivity index is 1.20. The smallest absolute Gasteiger partial charge is 0.269 e. The van der Waals surface area contributed by atoms with Gasteiger partial charge in [0.15, 0.2) is 0 Å². The van der Waals surface area contributed by atoms with Crippen molar-refractivity contribution in [1.29, 1.82) is 0 Å². The van der Waals surface area contributed by atoms with Gasteiger partial charge in [0.2, 0.25) is 0 Å². The summed E-state index contributed by atoms with van der Waals surface area (Å²) in [5.74, 6) is 0.576. The first-order chi connectivity index (χ1) is 13.8. The fraction of sp³-hybridized carbons (Fsp3) is 0.700. The van der Waals surface area contributed by atoms with Crippen LogP contribution in [0, 0.1) is 5.92 Å². The van der Waals surface area contributed by atoms with Crippen molar-refractivity contribution >= 4 is 11.6 Å².